The maximum Gasteiger partial charge on any atom is 0.145 e. The zero-order valence-electron chi connectivity index (χ0n) is 8.90. The van der Waals surface area contributed by atoms with Gasteiger partial charge in [0, 0.05) is 19.0 Å². The lowest BCUT2D eigenvalue weighted by atomic mass is 10.2. The van der Waals surface area contributed by atoms with E-state index >= 15 is 0 Å². The van der Waals surface area contributed by atoms with Crippen molar-refractivity contribution in [2.24, 2.45) is 0 Å². The van der Waals surface area contributed by atoms with Gasteiger partial charge >= 0.3 is 0 Å². The predicted octanol–water partition coefficient (Wildman–Crippen LogP) is 1.40. The van der Waals surface area contributed by atoms with Gasteiger partial charge in [0.1, 0.15) is 5.82 Å². The van der Waals surface area contributed by atoms with Crippen molar-refractivity contribution < 1.29 is 5.11 Å². The fourth-order valence-corrected chi connectivity index (χ4v) is 0.914. The molecule has 0 aliphatic heterocycles. The number of nitrogens with two attached hydrogens (primary N) is 1. The summed E-state index contributed by atoms with van der Waals surface area (Å²) in [6.45, 7) is 4.08. The van der Waals surface area contributed by atoms with Crippen molar-refractivity contribution in [1.29, 1.82) is 0 Å². The molecule has 0 amide bonds. The van der Waals surface area contributed by atoms with E-state index in [1.54, 1.807) is 19.3 Å². The summed E-state index contributed by atoms with van der Waals surface area (Å²) < 4.78 is 0. The summed E-state index contributed by atoms with van der Waals surface area (Å²) in [7, 11) is 0. The van der Waals surface area contributed by atoms with E-state index in [-0.39, 0.29) is 6.61 Å². The highest BCUT2D eigenvalue weighted by Crippen LogP contribution is 2.06. The third-order valence-corrected chi connectivity index (χ3v) is 1.57. The van der Waals surface area contributed by atoms with Gasteiger partial charge in [-0.25, -0.2) is 4.98 Å². The molecule has 0 aromatic carbocycles. The summed E-state index contributed by atoms with van der Waals surface area (Å²) in [5, 5.41) is 7.57. The van der Waals surface area contributed by atoms with Gasteiger partial charge in [0.25, 0.3) is 0 Å². The largest absolute Gasteiger partial charge is 0.397 e. The normalized spacial score (nSPS) is 9.07. The average molecular weight is 197 g/mol. The van der Waals surface area contributed by atoms with Gasteiger partial charge < -0.3 is 10.8 Å². The van der Waals surface area contributed by atoms with Gasteiger partial charge in [-0.3, -0.25) is 4.98 Å². The summed E-state index contributed by atoms with van der Waals surface area (Å²) in [5.41, 5.74) is 6.51. The first-order valence-electron chi connectivity index (χ1n) is 4.92. The van der Waals surface area contributed by atoms with Crippen LogP contribution in [-0.4, -0.2) is 21.7 Å². The van der Waals surface area contributed by atoms with E-state index in [0.717, 1.165) is 25.0 Å². The number of hydrogen-bond acceptors (Lipinski definition) is 4. The molecule has 1 heterocycles. The molecular weight excluding hydrogens is 178 g/mol. The predicted molar refractivity (Wildman–Crippen MR) is 57.8 cm³/mol. The quantitative estimate of drug-likeness (QED) is 0.768. The highest BCUT2D eigenvalue weighted by molar-refractivity contribution is 5.32. The van der Waals surface area contributed by atoms with Gasteiger partial charge in [0.05, 0.1) is 5.69 Å². The van der Waals surface area contributed by atoms with Crippen LogP contribution in [0.15, 0.2) is 12.4 Å². The number of aliphatic hydroxyl groups is 1. The molecule has 0 fully saturated rings. The smallest absolute Gasteiger partial charge is 0.145 e. The molecular formula is C10H19N3O. The van der Waals surface area contributed by atoms with Crippen LogP contribution in [0.5, 0.6) is 0 Å². The molecule has 1 aromatic rings. The fourth-order valence-electron chi connectivity index (χ4n) is 0.914. The summed E-state index contributed by atoms with van der Waals surface area (Å²) >= 11 is 0. The number of anilines is 1. The average Bonchev–Trinajstić information content (AvgIpc) is 2.18. The molecule has 0 aliphatic carbocycles. The summed E-state index contributed by atoms with van der Waals surface area (Å²) in [6.07, 6.45) is 6.53. The minimum atomic E-state index is 0.250. The van der Waals surface area contributed by atoms with Crippen LogP contribution in [0.1, 0.15) is 32.4 Å². The molecule has 0 radical (unpaired) electrons. The first-order valence-corrected chi connectivity index (χ1v) is 4.92. The summed E-state index contributed by atoms with van der Waals surface area (Å²) in [4.78, 5) is 8.08. The highest BCUT2D eigenvalue weighted by Gasteiger charge is 1.98. The summed E-state index contributed by atoms with van der Waals surface area (Å²) in [5.74, 6) is 0.570. The molecule has 0 bridgehead atoms. The molecule has 4 nitrogen and oxygen atoms in total. The maximum absolute atomic E-state index is 7.57. The van der Waals surface area contributed by atoms with Crippen molar-refractivity contribution in [3.05, 3.63) is 18.1 Å². The Bertz CT molecular complexity index is 241. The van der Waals surface area contributed by atoms with Gasteiger partial charge in [0.2, 0.25) is 0 Å². The van der Waals surface area contributed by atoms with E-state index in [4.69, 9.17) is 10.8 Å². The standard InChI is InChI=1S/C8H13N3.C2H6O/c1-2-3-4-7-8(9)11-6-5-10-7;1-2-3/h5-6H,2-4H2,1H3,(H2,9,11);3H,2H2,1H3. The lowest BCUT2D eigenvalue weighted by Crippen LogP contribution is -1.99. The number of unbranched alkanes of at least 4 members (excludes halogenated alkanes) is 1. The van der Waals surface area contributed by atoms with Gasteiger partial charge in [-0.15, -0.1) is 0 Å². The van der Waals surface area contributed by atoms with E-state index in [0.29, 0.717) is 5.82 Å². The van der Waals surface area contributed by atoms with E-state index < -0.39 is 0 Å². The molecule has 4 heteroatoms. The second-order valence-electron chi connectivity index (χ2n) is 2.81. The molecule has 3 N–H and O–H groups in total. The van der Waals surface area contributed by atoms with Crippen molar-refractivity contribution in [2.45, 2.75) is 33.1 Å². The molecule has 0 aliphatic rings. The Morgan fingerprint density at radius 1 is 1.29 bits per heavy atom. The van der Waals surface area contributed by atoms with Gasteiger partial charge in [-0.05, 0) is 19.8 Å². The second kappa shape index (κ2) is 8.44. The number of rotatable bonds is 3. The molecule has 0 saturated carbocycles. The number of hydrogen-bond donors (Lipinski definition) is 2. The van der Waals surface area contributed by atoms with E-state index in [1.807, 2.05) is 0 Å². The molecule has 0 saturated heterocycles. The van der Waals surface area contributed by atoms with Crippen LogP contribution in [-0.2, 0) is 6.42 Å². The second-order valence-corrected chi connectivity index (χ2v) is 2.81. The van der Waals surface area contributed by atoms with Crippen LogP contribution in [0.4, 0.5) is 5.82 Å². The lowest BCUT2D eigenvalue weighted by molar-refractivity contribution is 0.318. The Morgan fingerprint density at radius 3 is 2.36 bits per heavy atom. The number of nitrogen functional groups attached to an aromatic ring is 1. The van der Waals surface area contributed by atoms with Crippen molar-refractivity contribution >= 4 is 5.82 Å². The lowest BCUT2D eigenvalue weighted by Gasteiger charge is -2.00. The maximum atomic E-state index is 7.57. The van der Waals surface area contributed by atoms with Crippen molar-refractivity contribution in [3.63, 3.8) is 0 Å². The van der Waals surface area contributed by atoms with E-state index in [1.165, 1.54) is 0 Å². The van der Waals surface area contributed by atoms with Gasteiger partial charge in [0.15, 0.2) is 0 Å². The topological polar surface area (TPSA) is 72.0 Å². The molecule has 0 unspecified atom stereocenters. The van der Waals surface area contributed by atoms with E-state index in [2.05, 4.69) is 16.9 Å². The Balaban J connectivity index is 0.000000500. The zero-order valence-corrected chi connectivity index (χ0v) is 8.90. The van der Waals surface area contributed by atoms with Crippen LogP contribution in [0.2, 0.25) is 0 Å². The SMILES string of the molecule is CCCCc1nccnc1N.CCO. The molecule has 80 valence electrons. The molecule has 1 aromatic heterocycles. The van der Waals surface area contributed by atoms with Crippen LogP contribution in [0.25, 0.3) is 0 Å². The van der Waals surface area contributed by atoms with Crippen molar-refractivity contribution in [2.75, 3.05) is 12.3 Å². The van der Waals surface area contributed by atoms with Crippen LogP contribution < -0.4 is 5.73 Å². The number of aliphatic hydroxyl groups excluding tert-OH is 1. The van der Waals surface area contributed by atoms with E-state index in [9.17, 15) is 0 Å². The van der Waals surface area contributed by atoms with Crippen molar-refractivity contribution in [3.8, 4) is 0 Å². The monoisotopic (exact) mass is 197 g/mol. The third-order valence-electron chi connectivity index (χ3n) is 1.57. The van der Waals surface area contributed by atoms with Crippen LogP contribution >= 0.6 is 0 Å². The molecule has 0 spiro atoms. The Hall–Kier alpha value is -1.16. The number of nitrogens with zero attached hydrogens (tertiary/aromatic N) is 2. The molecule has 0 atom stereocenters. The Kier molecular flexibility index (Phi) is 7.74. The first kappa shape index (κ1) is 12.8. The Labute approximate surface area is 85.2 Å². The van der Waals surface area contributed by atoms with Crippen LogP contribution in [0.3, 0.4) is 0 Å². The molecule has 14 heavy (non-hydrogen) atoms. The Morgan fingerprint density at radius 2 is 1.86 bits per heavy atom. The number of aromatic nitrogens is 2. The zero-order chi connectivity index (χ0) is 10.8. The number of aryl methyl sites for hydroxylation is 1. The van der Waals surface area contributed by atoms with Gasteiger partial charge in [-0.2, -0.15) is 0 Å². The first-order chi connectivity index (χ1) is 6.76. The minimum absolute atomic E-state index is 0.250. The minimum Gasteiger partial charge on any atom is -0.397 e. The summed E-state index contributed by atoms with van der Waals surface area (Å²) in [6, 6.07) is 0. The third kappa shape index (κ3) is 5.48. The van der Waals surface area contributed by atoms with Crippen molar-refractivity contribution in [1.82, 2.24) is 9.97 Å². The van der Waals surface area contributed by atoms with Gasteiger partial charge in [-0.1, -0.05) is 13.3 Å². The van der Waals surface area contributed by atoms with Crippen LogP contribution in [0, 0.1) is 0 Å². The fraction of sp³-hybridized carbons (Fsp3) is 0.600. The highest BCUT2D eigenvalue weighted by atomic mass is 16.2. The molecule has 1 rings (SSSR count).